The average molecular weight is 394 g/mol. The van der Waals surface area contributed by atoms with Crippen LogP contribution in [-0.4, -0.2) is 52.5 Å². The topological polar surface area (TPSA) is 57.4 Å². The van der Waals surface area contributed by atoms with Crippen molar-refractivity contribution in [2.75, 3.05) is 38.0 Å². The van der Waals surface area contributed by atoms with Gasteiger partial charge in [0.2, 0.25) is 5.95 Å². The van der Waals surface area contributed by atoms with Gasteiger partial charge in [0.25, 0.3) is 0 Å². The number of likely N-dealkylation sites (tertiary alicyclic amines) is 1. The van der Waals surface area contributed by atoms with E-state index in [1.165, 1.54) is 56.5 Å². The first-order valence-electron chi connectivity index (χ1n) is 11.3. The molecule has 2 aromatic rings. The number of nitrogens with zero attached hydrogens (tertiary/aromatic N) is 4. The summed E-state index contributed by atoms with van der Waals surface area (Å²) in [4.78, 5) is 15.0. The van der Waals surface area contributed by atoms with Crippen molar-refractivity contribution in [1.29, 1.82) is 0 Å². The van der Waals surface area contributed by atoms with Crippen LogP contribution in [0.15, 0.2) is 29.0 Å². The fourth-order valence-electron chi connectivity index (χ4n) is 5.26. The van der Waals surface area contributed by atoms with E-state index in [0.29, 0.717) is 0 Å². The van der Waals surface area contributed by atoms with E-state index in [1.807, 2.05) is 6.07 Å². The van der Waals surface area contributed by atoms with Gasteiger partial charge in [-0.05, 0) is 62.6 Å². The Hall–Kier alpha value is -1.92. The normalized spacial score (nSPS) is 27.4. The molecule has 1 saturated heterocycles. The Balaban J connectivity index is 1.27. The summed E-state index contributed by atoms with van der Waals surface area (Å²) in [6.07, 6.45) is 10.6. The van der Waals surface area contributed by atoms with E-state index >= 15 is 0 Å². The molecule has 6 nitrogen and oxygen atoms in total. The van der Waals surface area contributed by atoms with Gasteiger partial charge in [0.1, 0.15) is 5.76 Å². The number of anilines is 1. The zero-order valence-electron chi connectivity index (χ0n) is 17.1. The third-order valence-electron chi connectivity index (χ3n) is 7.14. The van der Waals surface area contributed by atoms with Crippen LogP contribution in [0.1, 0.15) is 49.1 Å². The third-order valence-corrected chi connectivity index (χ3v) is 7.14. The maximum Gasteiger partial charge on any atom is 0.222 e. The number of rotatable bonds is 7. The first-order chi connectivity index (χ1) is 14.3. The van der Waals surface area contributed by atoms with Gasteiger partial charge >= 0.3 is 0 Å². The minimum Gasteiger partial charge on any atom is -0.468 e. The third kappa shape index (κ3) is 3.80. The molecule has 2 aromatic heterocycles. The molecule has 0 amide bonds. The lowest BCUT2D eigenvalue weighted by Crippen LogP contribution is -2.48. The van der Waals surface area contributed by atoms with Gasteiger partial charge in [0.15, 0.2) is 0 Å². The van der Waals surface area contributed by atoms with E-state index in [0.717, 1.165) is 56.3 Å². The zero-order valence-corrected chi connectivity index (χ0v) is 17.1. The van der Waals surface area contributed by atoms with Gasteiger partial charge in [-0.15, -0.1) is 0 Å². The molecule has 29 heavy (non-hydrogen) atoms. The van der Waals surface area contributed by atoms with Crippen molar-refractivity contribution in [2.45, 2.75) is 50.6 Å². The van der Waals surface area contributed by atoms with Crippen LogP contribution in [0.5, 0.6) is 0 Å². The molecule has 154 valence electrons. The number of hydrogen-bond donors (Lipinski definition) is 1. The molecule has 1 spiro atoms. The monoisotopic (exact) mass is 393 g/mol. The quantitative estimate of drug-likeness (QED) is 0.779. The van der Waals surface area contributed by atoms with Crippen molar-refractivity contribution in [1.82, 2.24) is 19.8 Å². The maximum atomic E-state index is 5.64. The van der Waals surface area contributed by atoms with E-state index in [2.05, 4.69) is 32.4 Å². The van der Waals surface area contributed by atoms with E-state index < -0.39 is 0 Å². The molecule has 0 aromatic carbocycles. The van der Waals surface area contributed by atoms with E-state index in [4.69, 9.17) is 9.40 Å². The van der Waals surface area contributed by atoms with Crippen molar-refractivity contribution in [3.63, 3.8) is 0 Å². The summed E-state index contributed by atoms with van der Waals surface area (Å²) >= 11 is 0. The maximum absolute atomic E-state index is 5.64. The molecule has 0 unspecified atom stereocenters. The molecule has 6 heteroatoms. The summed E-state index contributed by atoms with van der Waals surface area (Å²) in [5.41, 5.74) is 2.72. The number of aromatic nitrogens is 2. The minimum absolute atomic E-state index is 0.119. The van der Waals surface area contributed by atoms with Gasteiger partial charge < -0.3 is 14.6 Å². The Kier molecular flexibility index (Phi) is 4.38. The number of nitrogens with one attached hydrogen (secondary N) is 1. The molecular formula is C23H31N5O. The Labute approximate surface area is 172 Å². The van der Waals surface area contributed by atoms with Crippen molar-refractivity contribution >= 4 is 5.95 Å². The molecule has 1 atom stereocenters. The molecule has 6 rings (SSSR count). The molecule has 0 bridgehead atoms. The van der Waals surface area contributed by atoms with E-state index in [1.54, 1.807) is 6.26 Å². The summed E-state index contributed by atoms with van der Waals surface area (Å²) in [7, 11) is 0. The average Bonchev–Trinajstić information content (AvgIpc) is 3.63. The molecular weight excluding hydrogens is 362 g/mol. The van der Waals surface area contributed by atoms with Crippen LogP contribution in [0, 0.1) is 11.8 Å². The Morgan fingerprint density at radius 2 is 2.00 bits per heavy atom. The summed E-state index contributed by atoms with van der Waals surface area (Å²) in [6, 6.07) is 4.06. The highest BCUT2D eigenvalue weighted by Gasteiger charge is 2.47. The highest BCUT2D eigenvalue weighted by atomic mass is 16.3. The van der Waals surface area contributed by atoms with E-state index in [9.17, 15) is 0 Å². The molecule has 2 aliphatic heterocycles. The van der Waals surface area contributed by atoms with Crippen molar-refractivity contribution < 1.29 is 4.42 Å². The fourth-order valence-corrected chi connectivity index (χ4v) is 5.26. The van der Waals surface area contributed by atoms with Gasteiger partial charge in [-0.3, -0.25) is 4.90 Å². The predicted molar refractivity (Wildman–Crippen MR) is 112 cm³/mol. The van der Waals surface area contributed by atoms with Crippen LogP contribution < -0.4 is 5.32 Å². The van der Waals surface area contributed by atoms with Gasteiger partial charge in [0, 0.05) is 49.9 Å². The summed E-state index contributed by atoms with van der Waals surface area (Å²) < 4.78 is 5.64. The van der Waals surface area contributed by atoms with Crippen molar-refractivity contribution in [3.05, 3.63) is 41.6 Å². The Morgan fingerprint density at radius 1 is 1.14 bits per heavy atom. The first-order valence-corrected chi connectivity index (χ1v) is 11.3. The highest BCUT2D eigenvalue weighted by Crippen LogP contribution is 2.42. The fraction of sp³-hybridized carbons (Fsp3) is 0.652. The summed E-state index contributed by atoms with van der Waals surface area (Å²) in [5.74, 6) is 3.64. The summed E-state index contributed by atoms with van der Waals surface area (Å²) in [5, 5.41) is 3.50. The number of fused-ring (bicyclic) bond motifs is 2. The Bertz CT molecular complexity index is 860. The second kappa shape index (κ2) is 7.10. The highest BCUT2D eigenvalue weighted by molar-refractivity contribution is 5.38. The second-order valence-electron chi connectivity index (χ2n) is 9.83. The standard InChI is InChI=1S/C23H31N5O/c1-2-20(29-9-1)14-28-13-19-11-25-22(24-10-17-3-4-17)26-21(19)23(16-28)7-8-27(15-23)12-18-5-6-18/h1-2,9,11,17-18H,3-8,10,12-16H2,(H,24,25,26)/t23-/m1/s1. The molecule has 0 radical (unpaired) electrons. The van der Waals surface area contributed by atoms with Crippen LogP contribution in [-0.2, 0) is 18.5 Å². The lowest BCUT2D eigenvalue weighted by atomic mass is 9.78. The van der Waals surface area contributed by atoms with E-state index in [-0.39, 0.29) is 5.41 Å². The van der Waals surface area contributed by atoms with Crippen LogP contribution in [0.3, 0.4) is 0 Å². The smallest absolute Gasteiger partial charge is 0.222 e. The zero-order chi connectivity index (χ0) is 19.3. The van der Waals surface area contributed by atoms with Crippen LogP contribution in [0.4, 0.5) is 5.95 Å². The van der Waals surface area contributed by atoms with Crippen LogP contribution in [0.25, 0.3) is 0 Å². The predicted octanol–water partition coefficient (Wildman–Crippen LogP) is 3.26. The van der Waals surface area contributed by atoms with Crippen molar-refractivity contribution in [3.8, 4) is 0 Å². The summed E-state index contributed by atoms with van der Waals surface area (Å²) in [6.45, 7) is 7.43. The van der Waals surface area contributed by atoms with Crippen molar-refractivity contribution in [2.24, 2.45) is 11.8 Å². The number of furan rings is 1. The molecule has 2 aliphatic carbocycles. The van der Waals surface area contributed by atoms with Crippen LogP contribution >= 0.6 is 0 Å². The minimum atomic E-state index is 0.119. The SMILES string of the molecule is c1coc(CN2Cc3cnc(NCC4CC4)nc3[C@@]3(CCN(CC4CC4)C3)C2)c1. The molecule has 4 aliphatic rings. The largest absolute Gasteiger partial charge is 0.468 e. The second-order valence-corrected chi connectivity index (χ2v) is 9.83. The Morgan fingerprint density at radius 3 is 2.79 bits per heavy atom. The lowest BCUT2D eigenvalue weighted by Gasteiger charge is -2.41. The van der Waals surface area contributed by atoms with Gasteiger partial charge in [-0.25, -0.2) is 9.97 Å². The van der Waals surface area contributed by atoms with Gasteiger partial charge in [0.05, 0.1) is 18.5 Å². The lowest BCUT2D eigenvalue weighted by molar-refractivity contribution is 0.151. The molecule has 1 N–H and O–H groups in total. The van der Waals surface area contributed by atoms with Crippen LogP contribution in [0.2, 0.25) is 0 Å². The number of hydrogen-bond acceptors (Lipinski definition) is 6. The molecule has 2 saturated carbocycles. The molecule has 4 heterocycles. The van der Waals surface area contributed by atoms with Gasteiger partial charge in [-0.2, -0.15) is 0 Å². The first kappa shape index (κ1) is 17.9. The van der Waals surface area contributed by atoms with Gasteiger partial charge in [-0.1, -0.05) is 0 Å². The molecule has 3 fully saturated rings.